The van der Waals surface area contributed by atoms with Gasteiger partial charge in [-0.25, -0.2) is 4.98 Å². The Morgan fingerprint density at radius 2 is 2.12 bits per heavy atom. The number of nitrogens with zero attached hydrogens (tertiary/aromatic N) is 2. The van der Waals surface area contributed by atoms with Crippen molar-refractivity contribution in [3.05, 3.63) is 65.4 Å². The molecule has 5 nitrogen and oxygen atoms in total. The lowest BCUT2D eigenvalue weighted by atomic mass is 10.1. The van der Waals surface area contributed by atoms with Gasteiger partial charge in [0.05, 0.1) is 30.3 Å². The van der Waals surface area contributed by atoms with Gasteiger partial charge in [-0.3, -0.25) is 9.78 Å². The highest BCUT2D eigenvalue weighted by molar-refractivity contribution is 7.13. The maximum Gasteiger partial charge on any atom is 0.226 e. The molecule has 0 unspecified atom stereocenters. The molecule has 0 saturated heterocycles. The number of amides is 1. The van der Waals surface area contributed by atoms with Crippen molar-refractivity contribution in [2.24, 2.45) is 0 Å². The van der Waals surface area contributed by atoms with Crippen LogP contribution in [0.15, 0.2) is 54.2 Å². The van der Waals surface area contributed by atoms with Crippen LogP contribution in [0.2, 0.25) is 0 Å². The highest BCUT2D eigenvalue weighted by Gasteiger charge is 2.14. The van der Waals surface area contributed by atoms with Gasteiger partial charge in [0.25, 0.3) is 0 Å². The van der Waals surface area contributed by atoms with Gasteiger partial charge >= 0.3 is 0 Å². The second kappa shape index (κ2) is 8.58. The molecule has 0 bridgehead atoms. The fourth-order valence-electron chi connectivity index (χ4n) is 2.61. The molecule has 0 radical (unpaired) electrons. The number of rotatable bonds is 7. The van der Waals surface area contributed by atoms with Gasteiger partial charge in [-0.15, -0.1) is 11.3 Å². The zero-order valence-electron chi connectivity index (χ0n) is 14.8. The number of ether oxygens (including phenoxy) is 1. The molecule has 3 aromatic rings. The molecule has 1 atom stereocenters. The van der Waals surface area contributed by atoms with Crippen molar-refractivity contribution in [2.75, 3.05) is 6.61 Å². The quantitative estimate of drug-likeness (QED) is 0.685. The standard InChI is InChI=1S/C20H21N3O2S/c1-3-25-18-9-5-4-8-17(18)20-23-16(13-26-20)11-19(24)22-14(2)15-7-6-10-21-12-15/h4-10,12-14H,3,11H2,1-2H3,(H,22,24)/t14-/m0/s1. The Kier molecular flexibility index (Phi) is 5.96. The molecule has 1 aromatic carbocycles. The molecule has 0 aliphatic heterocycles. The molecule has 1 amide bonds. The zero-order valence-corrected chi connectivity index (χ0v) is 15.6. The van der Waals surface area contributed by atoms with Gasteiger partial charge in [0.1, 0.15) is 10.8 Å². The van der Waals surface area contributed by atoms with Crippen molar-refractivity contribution < 1.29 is 9.53 Å². The monoisotopic (exact) mass is 367 g/mol. The summed E-state index contributed by atoms with van der Waals surface area (Å²) in [6.07, 6.45) is 3.73. The van der Waals surface area contributed by atoms with Crippen molar-refractivity contribution >= 4 is 17.2 Å². The molecule has 6 heteroatoms. The molecule has 2 heterocycles. The number of benzene rings is 1. The molecule has 0 aliphatic carbocycles. The molecular weight excluding hydrogens is 346 g/mol. The van der Waals surface area contributed by atoms with Crippen LogP contribution in [0.3, 0.4) is 0 Å². The lowest BCUT2D eigenvalue weighted by Gasteiger charge is -2.13. The van der Waals surface area contributed by atoms with E-state index in [0.29, 0.717) is 6.61 Å². The van der Waals surface area contributed by atoms with Crippen LogP contribution in [0.1, 0.15) is 31.1 Å². The normalized spacial score (nSPS) is 11.8. The predicted octanol–water partition coefficient (Wildman–Crippen LogP) is 4.02. The summed E-state index contributed by atoms with van der Waals surface area (Å²) in [4.78, 5) is 21.0. The van der Waals surface area contributed by atoms with Crippen molar-refractivity contribution in [3.8, 4) is 16.3 Å². The summed E-state index contributed by atoms with van der Waals surface area (Å²) >= 11 is 1.52. The van der Waals surface area contributed by atoms with Crippen molar-refractivity contribution in [3.63, 3.8) is 0 Å². The Morgan fingerprint density at radius 3 is 2.88 bits per heavy atom. The minimum Gasteiger partial charge on any atom is -0.493 e. The maximum atomic E-state index is 12.3. The summed E-state index contributed by atoms with van der Waals surface area (Å²) in [6, 6.07) is 11.5. The first-order chi connectivity index (χ1) is 12.7. The number of hydrogen-bond acceptors (Lipinski definition) is 5. The van der Waals surface area contributed by atoms with Gasteiger partial charge in [-0.05, 0) is 37.6 Å². The average molecular weight is 367 g/mol. The number of carbonyl (C=O) groups is 1. The summed E-state index contributed by atoms with van der Waals surface area (Å²) in [5, 5.41) is 5.77. The molecule has 2 aromatic heterocycles. The van der Waals surface area contributed by atoms with Crippen LogP contribution in [-0.2, 0) is 11.2 Å². The molecule has 0 saturated carbocycles. The predicted molar refractivity (Wildman–Crippen MR) is 103 cm³/mol. The Bertz CT molecular complexity index is 864. The van der Waals surface area contributed by atoms with E-state index in [9.17, 15) is 4.79 Å². The van der Waals surface area contributed by atoms with Crippen LogP contribution >= 0.6 is 11.3 Å². The number of carbonyl (C=O) groups excluding carboxylic acids is 1. The lowest BCUT2D eigenvalue weighted by Crippen LogP contribution is -2.28. The average Bonchev–Trinajstić information content (AvgIpc) is 3.11. The molecule has 0 spiro atoms. The fraction of sp³-hybridized carbons (Fsp3) is 0.250. The Hall–Kier alpha value is -2.73. The van der Waals surface area contributed by atoms with E-state index in [-0.39, 0.29) is 18.4 Å². The SMILES string of the molecule is CCOc1ccccc1-c1nc(CC(=O)N[C@@H](C)c2cccnc2)cs1. The van der Waals surface area contributed by atoms with Crippen LogP contribution in [0.25, 0.3) is 10.6 Å². The van der Waals surface area contributed by atoms with E-state index >= 15 is 0 Å². The van der Waals surface area contributed by atoms with Crippen LogP contribution < -0.4 is 10.1 Å². The topological polar surface area (TPSA) is 64.1 Å². The smallest absolute Gasteiger partial charge is 0.226 e. The summed E-state index contributed by atoms with van der Waals surface area (Å²) < 4.78 is 5.66. The molecular formula is C20H21N3O2S. The third-order valence-corrected chi connectivity index (χ3v) is 4.80. The summed E-state index contributed by atoms with van der Waals surface area (Å²) in [6.45, 7) is 4.50. The third-order valence-electron chi connectivity index (χ3n) is 3.87. The molecule has 3 rings (SSSR count). The Labute approximate surface area is 157 Å². The maximum absolute atomic E-state index is 12.3. The van der Waals surface area contributed by atoms with Gasteiger partial charge in [-0.2, -0.15) is 0 Å². The van der Waals surface area contributed by atoms with Crippen LogP contribution in [0, 0.1) is 0 Å². The zero-order chi connectivity index (χ0) is 18.4. The van der Waals surface area contributed by atoms with E-state index in [2.05, 4.69) is 15.3 Å². The minimum absolute atomic E-state index is 0.0590. The van der Waals surface area contributed by atoms with E-state index in [0.717, 1.165) is 27.6 Å². The molecule has 0 aliphatic rings. The highest BCUT2D eigenvalue weighted by Crippen LogP contribution is 2.32. The molecule has 1 N–H and O–H groups in total. The first-order valence-electron chi connectivity index (χ1n) is 8.53. The number of nitrogens with one attached hydrogen (secondary N) is 1. The van der Waals surface area contributed by atoms with Crippen LogP contribution in [0.4, 0.5) is 0 Å². The van der Waals surface area contributed by atoms with Crippen molar-refractivity contribution in [2.45, 2.75) is 26.3 Å². The van der Waals surface area contributed by atoms with E-state index in [1.165, 1.54) is 11.3 Å². The summed E-state index contributed by atoms with van der Waals surface area (Å²) in [7, 11) is 0. The van der Waals surface area contributed by atoms with Gasteiger partial charge in [0.2, 0.25) is 5.91 Å². The summed E-state index contributed by atoms with van der Waals surface area (Å²) in [5.41, 5.74) is 2.69. The number of thiazole rings is 1. The molecule has 26 heavy (non-hydrogen) atoms. The number of hydrogen-bond donors (Lipinski definition) is 1. The Morgan fingerprint density at radius 1 is 1.27 bits per heavy atom. The van der Waals surface area contributed by atoms with Crippen molar-refractivity contribution in [1.29, 1.82) is 0 Å². The second-order valence-corrected chi connectivity index (χ2v) is 6.68. The minimum atomic E-state index is -0.0898. The fourth-order valence-corrected chi connectivity index (χ4v) is 3.46. The summed E-state index contributed by atoms with van der Waals surface area (Å²) in [5.74, 6) is 0.752. The molecule has 0 fully saturated rings. The second-order valence-electron chi connectivity index (χ2n) is 5.83. The van der Waals surface area contributed by atoms with E-state index < -0.39 is 0 Å². The largest absolute Gasteiger partial charge is 0.493 e. The molecule has 134 valence electrons. The Balaban J connectivity index is 1.66. The van der Waals surface area contributed by atoms with E-state index in [4.69, 9.17) is 4.74 Å². The lowest BCUT2D eigenvalue weighted by molar-refractivity contribution is -0.121. The van der Waals surface area contributed by atoms with Gasteiger partial charge in [-0.1, -0.05) is 18.2 Å². The van der Waals surface area contributed by atoms with Crippen molar-refractivity contribution in [1.82, 2.24) is 15.3 Å². The van der Waals surface area contributed by atoms with Gasteiger partial charge in [0.15, 0.2) is 0 Å². The number of para-hydroxylation sites is 1. The number of pyridine rings is 1. The van der Waals surface area contributed by atoms with Gasteiger partial charge in [0, 0.05) is 17.8 Å². The first-order valence-corrected chi connectivity index (χ1v) is 9.41. The third kappa shape index (κ3) is 4.46. The van der Waals surface area contributed by atoms with E-state index in [1.807, 2.05) is 55.6 Å². The van der Waals surface area contributed by atoms with E-state index in [1.54, 1.807) is 12.4 Å². The first kappa shape index (κ1) is 18.1. The van der Waals surface area contributed by atoms with Crippen LogP contribution in [0.5, 0.6) is 5.75 Å². The van der Waals surface area contributed by atoms with Gasteiger partial charge < -0.3 is 10.1 Å². The van der Waals surface area contributed by atoms with Crippen LogP contribution in [-0.4, -0.2) is 22.5 Å². The highest BCUT2D eigenvalue weighted by atomic mass is 32.1. The number of aromatic nitrogens is 2.